The molecule has 78 heavy (non-hydrogen) atoms. The Hall–Kier alpha value is -6.22. The normalized spacial score (nSPS) is 15.7. The van der Waals surface area contributed by atoms with Gasteiger partial charge in [0.15, 0.2) is 12.1 Å². The van der Waals surface area contributed by atoms with Crippen LogP contribution in [-0.2, 0) is 71.7 Å². The van der Waals surface area contributed by atoms with E-state index in [0.717, 1.165) is 73.1 Å². The third kappa shape index (κ3) is 23.8. The maximum absolute atomic E-state index is 13.0. The number of esters is 2. The molecule has 0 aromatic heterocycles. The summed E-state index contributed by atoms with van der Waals surface area (Å²) in [6.07, 6.45) is -5.21. The van der Waals surface area contributed by atoms with E-state index in [1.54, 1.807) is 26.0 Å². The van der Waals surface area contributed by atoms with Crippen molar-refractivity contribution in [3.63, 3.8) is 0 Å². The van der Waals surface area contributed by atoms with E-state index in [9.17, 15) is 60.8 Å². The molecule has 432 valence electrons. The third-order valence-electron chi connectivity index (χ3n) is 13.2. The number of rotatable bonds is 26. The van der Waals surface area contributed by atoms with Gasteiger partial charge in [0.2, 0.25) is 0 Å². The van der Waals surface area contributed by atoms with Crippen molar-refractivity contribution < 1.29 is 84.5 Å². The maximum atomic E-state index is 13.0. The molecule has 0 spiro atoms. The summed E-state index contributed by atoms with van der Waals surface area (Å²) in [5.41, 5.74) is 1.70. The summed E-state index contributed by atoms with van der Waals surface area (Å²) >= 11 is 0. The minimum absolute atomic E-state index is 0.0180. The van der Waals surface area contributed by atoms with E-state index < -0.39 is 71.9 Å². The number of hydrogen-bond donors (Lipinski definition) is 4. The molecular weight excluding hydrogens is 1030 g/mol. The molecule has 0 saturated carbocycles. The summed E-state index contributed by atoms with van der Waals surface area (Å²) in [5.74, 6) is -1.76. The molecular formula is C58H76F6N2O12. The van der Waals surface area contributed by atoms with E-state index in [4.69, 9.17) is 18.9 Å². The second-order valence-corrected chi connectivity index (χ2v) is 19.1. The molecule has 1 aliphatic heterocycles. The first-order valence-corrected chi connectivity index (χ1v) is 26.0. The van der Waals surface area contributed by atoms with E-state index in [-0.39, 0.29) is 56.7 Å². The van der Waals surface area contributed by atoms with Crippen molar-refractivity contribution in [1.29, 1.82) is 0 Å². The standard InChI is InChI=1S/C29H38F3NO6.C17H25F3O2.C12H13NO4/c1-4-5-11-25(20(2)34)23(16-21-12-14-24(15-13-21)29(30,31)32)18-38-19-26(27(35)37-3)33-28(36)39-17-22-9-7-6-8-10-22;1-3-4-5-16(12(2)22)14(11-21)10-13-6-8-15(9-7-13)17(18,19)20;1-16-11(14)10-7-13(10)12(15)17-8-9-5-3-2-4-6-9/h6-10,12-15,20,23,25-26,34H,4-5,11,16-19H2,1-3H3,(H,33,36);6-9,12,14,16,21-22H,3-5,10-11H2,1-2H3;2-6,10H,7-8H2,1H3/t20-,23-,25-,26-;12-,14-,16-;10-,13?/m000/s1. The smallest absolute Gasteiger partial charge is 0.416 e. The fraction of sp³-hybridized carbons (Fsp3) is 0.517. The van der Waals surface area contributed by atoms with Crippen molar-refractivity contribution in [2.75, 3.05) is 40.6 Å². The van der Waals surface area contributed by atoms with Gasteiger partial charge in [0.05, 0.1) is 57.3 Å². The number of aliphatic hydroxyl groups excluding tert-OH is 3. The Morgan fingerprint density at radius 1 is 0.628 bits per heavy atom. The van der Waals surface area contributed by atoms with Crippen LogP contribution in [0.4, 0.5) is 35.9 Å². The highest BCUT2D eigenvalue weighted by Crippen LogP contribution is 2.33. The number of ether oxygens (including phenoxy) is 5. The zero-order valence-corrected chi connectivity index (χ0v) is 45.1. The predicted octanol–water partition coefficient (Wildman–Crippen LogP) is 10.8. The molecule has 4 aromatic carbocycles. The number of unbranched alkanes of at least 4 members (excludes halogenated alkanes) is 2. The Labute approximate surface area is 453 Å². The number of hydrogen-bond acceptors (Lipinski definition) is 12. The average Bonchev–Trinajstić information content (AvgIpc) is 4.24. The van der Waals surface area contributed by atoms with Crippen molar-refractivity contribution in [3.05, 3.63) is 143 Å². The number of alkyl carbamates (subject to hydrolysis) is 1. The summed E-state index contributed by atoms with van der Waals surface area (Å²) < 4.78 is 102. The molecule has 1 aliphatic rings. The maximum Gasteiger partial charge on any atom is 0.416 e. The van der Waals surface area contributed by atoms with Crippen LogP contribution in [0.15, 0.2) is 109 Å². The van der Waals surface area contributed by atoms with E-state index >= 15 is 0 Å². The van der Waals surface area contributed by atoms with Crippen LogP contribution < -0.4 is 5.32 Å². The Bertz CT molecular complexity index is 2340. The van der Waals surface area contributed by atoms with Gasteiger partial charge in [-0.05, 0) is 110 Å². The molecule has 0 bridgehead atoms. The number of halogens is 6. The summed E-state index contributed by atoms with van der Waals surface area (Å²) in [5, 5.41) is 32.5. The highest BCUT2D eigenvalue weighted by molar-refractivity contribution is 5.86. The number of aliphatic hydroxyl groups is 3. The van der Waals surface area contributed by atoms with Gasteiger partial charge in [0.1, 0.15) is 13.2 Å². The minimum Gasteiger partial charge on any atom is -0.467 e. The van der Waals surface area contributed by atoms with Gasteiger partial charge in [-0.1, -0.05) is 124 Å². The van der Waals surface area contributed by atoms with Crippen LogP contribution in [0.2, 0.25) is 0 Å². The highest BCUT2D eigenvalue weighted by Gasteiger charge is 2.46. The molecule has 4 N–H and O–H groups in total. The summed E-state index contributed by atoms with van der Waals surface area (Å²) in [4.78, 5) is 48.5. The van der Waals surface area contributed by atoms with Crippen LogP contribution >= 0.6 is 0 Å². The Kier molecular flexibility index (Phi) is 28.7. The van der Waals surface area contributed by atoms with Crippen LogP contribution in [0, 0.1) is 23.7 Å². The lowest BCUT2D eigenvalue weighted by Gasteiger charge is -2.30. The fourth-order valence-corrected chi connectivity index (χ4v) is 8.61. The summed E-state index contributed by atoms with van der Waals surface area (Å²) in [6, 6.07) is 26.8. The van der Waals surface area contributed by atoms with Crippen molar-refractivity contribution >= 4 is 24.1 Å². The van der Waals surface area contributed by atoms with Gasteiger partial charge in [0, 0.05) is 6.61 Å². The SMILES string of the molecule is CCCC[C@H]([C@H](CO)Cc1ccc(C(F)(F)F)cc1)[C@H](C)O.CCCC[C@H]([C@H](COC[C@H](NC(=O)OCc1ccccc1)C(=O)OC)Cc1ccc(C(F)(F)F)cc1)[C@H](C)O.COC(=O)[C@@H]1CN1C(=O)OCc1ccccc1. The van der Waals surface area contributed by atoms with Crippen LogP contribution in [0.3, 0.4) is 0 Å². The number of amides is 2. The number of benzene rings is 4. The summed E-state index contributed by atoms with van der Waals surface area (Å²) in [6.45, 7) is 7.89. The van der Waals surface area contributed by atoms with Gasteiger partial charge < -0.3 is 44.3 Å². The molecule has 8 atom stereocenters. The van der Waals surface area contributed by atoms with Crippen molar-refractivity contribution in [1.82, 2.24) is 10.2 Å². The summed E-state index contributed by atoms with van der Waals surface area (Å²) in [7, 11) is 2.49. The molecule has 4 aromatic rings. The van der Waals surface area contributed by atoms with Crippen molar-refractivity contribution in [2.45, 2.75) is 129 Å². The lowest BCUT2D eigenvalue weighted by molar-refractivity contribution is -0.145. The van der Waals surface area contributed by atoms with Gasteiger partial charge in [-0.25, -0.2) is 19.2 Å². The molecule has 14 nitrogen and oxygen atoms in total. The van der Waals surface area contributed by atoms with E-state index in [2.05, 4.69) is 17.0 Å². The minimum atomic E-state index is -4.43. The van der Waals surface area contributed by atoms with Gasteiger partial charge in [-0.3, -0.25) is 4.90 Å². The molecule has 0 unspecified atom stereocenters. The van der Waals surface area contributed by atoms with Crippen molar-refractivity contribution in [2.24, 2.45) is 23.7 Å². The van der Waals surface area contributed by atoms with Crippen molar-refractivity contribution in [3.8, 4) is 0 Å². The molecule has 1 heterocycles. The Morgan fingerprint density at radius 2 is 1.08 bits per heavy atom. The first-order chi connectivity index (χ1) is 37.1. The molecule has 20 heteroatoms. The van der Waals surface area contributed by atoms with Crippen LogP contribution in [0.1, 0.15) is 99.6 Å². The van der Waals surface area contributed by atoms with E-state index in [1.165, 1.54) is 43.4 Å². The predicted molar refractivity (Wildman–Crippen MR) is 279 cm³/mol. The molecule has 1 fully saturated rings. The van der Waals surface area contributed by atoms with Gasteiger partial charge in [0.25, 0.3) is 0 Å². The number of alkyl halides is 6. The zero-order valence-electron chi connectivity index (χ0n) is 45.1. The lowest BCUT2D eigenvalue weighted by Crippen LogP contribution is -2.45. The van der Waals surface area contributed by atoms with Gasteiger partial charge in [-0.15, -0.1) is 0 Å². The number of nitrogens with zero attached hydrogens (tertiary/aromatic N) is 1. The first kappa shape index (κ1) is 66.1. The monoisotopic (exact) mass is 1110 g/mol. The molecule has 0 radical (unpaired) electrons. The number of nitrogens with one attached hydrogen (secondary N) is 1. The Morgan fingerprint density at radius 3 is 1.49 bits per heavy atom. The Balaban J connectivity index is 0.000000343. The molecule has 5 rings (SSSR count). The van der Waals surface area contributed by atoms with Crippen LogP contribution in [0.25, 0.3) is 0 Å². The molecule has 2 amide bonds. The number of carbonyl (C=O) groups excluding carboxylic acids is 4. The fourth-order valence-electron chi connectivity index (χ4n) is 8.61. The average molecular weight is 1110 g/mol. The van der Waals surface area contributed by atoms with E-state index in [1.807, 2.05) is 55.5 Å². The second-order valence-electron chi connectivity index (χ2n) is 19.1. The molecule has 1 saturated heterocycles. The van der Waals surface area contributed by atoms with Crippen LogP contribution in [-0.4, -0.2) is 109 Å². The highest BCUT2D eigenvalue weighted by atomic mass is 19.4. The quantitative estimate of drug-likeness (QED) is 0.0202. The topological polar surface area (TPSA) is 190 Å². The largest absolute Gasteiger partial charge is 0.467 e. The molecule has 0 aliphatic carbocycles. The van der Waals surface area contributed by atoms with Gasteiger partial charge >= 0.3 is 36.5 Å². The van der Waals surface area contributed by atoms with Crippen LogP contribution in [0.5, 0.6) is 0 Å². The number of carbonyl (C=O) groups is 4. The third-order valence-corrected chi connectivity index (χ3v) is 13.2. The second kappa shape index (κ2) is 33.9. The van der Waals surface area contributed by atoms with E-state index in [0.29, 0.717) is 31.4 Å². The first-order valence-electron chi connectivity index (χ1n) is 26.0. The zero-order chi connectivity index (χ0) is 57.8. The number of methoxy groups -OCH3 is 2. The lowest BCUT2D eigenvalue weighted by atomic mass is 9.81. The van der Waals surface area contributed by atoms with Gasteiger partial charge in [-0.2, -0.15) is 26.3 Å².